The van der Waals surface area contributed by atoms with Crippen molar-refractivity contribution in [1.29, 1.82) is 0 Å². The molecule has 0 fully saturated rings. The van der Waals surface area contributed by atoms with E-state index in [9.17, 15) is 4.79 Å². The topological polar surface area (TPSA) is 49.3 Å². The first-order valence-electron chi connectivity index (χ1n) is 5.47. The van der Waals surface area contributed by atoms with Gasteiger partial charge in [-0.3, -0.25) is 4.79 Å². The lowest BCUT2D eigenvalue weighted by Crippen LogP contribution is -2.25. The van der Waals surface area contributed by atoms with Crippen molar-refractivity contribution in [3.8, 4) is 0 Å². The van der Waals surface area contributed by atoms with Gasteiger partial charge in [-0.15, -0.1) is 0 Å². The summed E-state index contributed by atoms with van der Waals surface area (Å²) >= 11 is 5.99. The van der Waals surface area contributed by atoms with Crippen molar-refractivity contribution in [3.63, 3.8) is 0 Å². The summed E-state index contributed by atoms with van der Waals surface area (Å²) in [5.41, 5.74) is 1.42. The lowest BCUT2D eigenvalue weighted by molar-refractivity contribution is -0.117. The number of aliphatic hydroxyl groups excluding tert-OH is 1. The molecule has 92 valence electrons. The van der Waals surface area contributed by atoms with Crippen LogP contribution in [0.2, 0.25) is 5.02 Å². The highest BCUT2D eigenvalue weighted by molar-refractivity contribution is 6.32. The number of amides is 1. The zero-order chi connectivity index (χ0) is 12.7. The molecule has 4 heteroatoms. The van der Waals surface area contributed by atoms with Crippen LogP contribution in [0.5, 0.6) is 0 Å². The number of aliphatic hydroxyl groups is 1. The molecule has 0 atom stereocenters. The van der Waals surface area contributed by atoms with E-state index in [1.807, 2.05) is 18.2 Å². The molecule has 17 heavy (non-hydrogen) atoms. The van der Waals surface area contributed by atoms with Crippen molar-refractivity contribution in [2.75, 3.05) is 13.2 Å². The number of nitrogens with one attached hydrogen (secondary N) is 1. The van der Waals surface area contributed by atoms with Crippen LogP contribution in [-0.4, -0.2) is 24.2 Å². The van der Waals surface area contributed by atoms with Gasteiger partial charge in [0.25, 0.3) is 0 Å². The monoisotopic (exact) mass is 253 g/mol. The molecule has 0 saturated carbocycles. The van der Waals surface area contributed by atoms with E-state index in [1.54, 1.807) is 19.1 Å². The third kappa shape index (κ3) is 4.59. The van der Waals surface area contributed by atoms with Crippen molar-refractivity contribution in [3.05, 3.63) is 40.4 Å². The largest absolute Gasteiger partial charge is 0.396 e. The van der Waals surface area contributed by atoms with Crippen LogP contribution < -0.4 is 5.32 Å². The van der Waals surface area contributed by atoms with Gasteiger partial charge >= 0.3 is 0 Å². The average Bonchev–Trinajstić information content (AvgIpc) is 2.32. The molecule has 0 aliphatic carbocycles. The van der Waals surface area contributed by atoms with E-state index in [2.05, 4.69) is 5.32 Å². The molecule has 0 bridgehead atoms. The molecule has 0 aliphatic rings. The number of carbonyl (C=O) groups excluding carboxylic acids is 1. The zero-order valence-electron chi connectivity index (χ0n) is 9.74. The Morgan fingerprint density at radius 1 is 1.47 bits per heavy atom. The fourth-order valence-electron chi connectivity index (χ4n) is 1.31. The third-order valence-corrected chi connectivity index (χ3v) is 2.60. The first-order valence-corrected chi connectivity index (χ1v) is 5.85. The minimum atomic E-state index is -0.140. The summed E-state index contributed by atoms with van der Waals surface area (Å²) in [6.45, 7) is 2.29. The number of carbonyl (C=O) groups is 1. The Labute approximate surface area is 106 Å². The van der Waals surface area contributed by atoms with Gasteiger partial charge in [-0.2, -0.15) is 0 Å². The van der Waals surface area contributed by atoms with E-state index in [1.165, 1.54) is 0 Å². The van der Waals surface area contributed by atoms with E-state index in [0.29, 0.717) is 23.6 Å². The van der Waals surface area contributed by atoms with Crippen LogP contribution in [-0.2, 0) is 4.79 Å². The second-order valence-corrected chi connectivity index (χ2v) is 4.09. The predicted molar refractivity (Wildman–Crippen MR) is 69.8 cm³/mol. The average molecular weight is 254 g/mol. The second kappa shape index (κ2) is 7.09. The molecule has 0 heterocycles. The summed E-state index contributed by atoms with van der Waals surface area (Å²) in [7, 11) is 0. The van der Waals surface area contributed by atoms with Gasteiger partial charge in [0.2, 0.25) is 5.91 Å². The fraction of sp³-hybridized carbons (Fsp3) is 0.308. The van der Waals surface area contributed by atoms with Gasteiger partial charge in [-0.1, -0.05) is 29.8 Å². The molecule has 0 spiro atoms. The van der Waals surface area contributed by atoms with Gasteiger partial charge in [0, 0.05) is 23.7 Å². The molecule has 3 nitrogen and oxygen atoms in total. The Bertz CT molecular complexity index is 416. The molecule has 0 unspecified atom stereocenters. The molecule has 0 aliphatic heterocycles. The molecule has 1 amide bonds. The molecule has 1 rings (SSSR count). The molecular weight excluding hydrogens is 238 g/mol. The molecule has 2 N–H and O–H groups in total. The smallest absolute Gasteiger partial charge is 0.246 e. The van der Waals surface area contributed by atoms with Crippen molar-refractivity contribution in [2.24, 2.45) is 0 Å². The van der Waals surface area contributed by atoms with Crippen molar-refractivity contribution in [1.82, 2.24) is 5.32 Å². The van der Waals surface area contributed by atoms with E-state index in [0.717, 1.165) is 5.56 Å². The van der Waals surface area contributed by atoms with Crippen LogP contribution in [0.25, 0.3) is 6.08 Å². The minimum Gasteiger partial charge on any atom is -0.396 e. The van der Waals surface area contributed by atoms with Crippen molar-refractivity contribution in [2.45, 2.75) is 13.3 Å². The highest BCUT2D eigenvalue weighted by Gasteiger charge is 2.04. The summed E-state index contributed by atoms with van der Waals surface area (Å²) in [6.07, 6.45) is 2.31. The van der Waals surface area contributed by atoms with Gasteiger partial charge in [0.15, 0.2) is 0 Å². The first-order chi connectivity index (χ1) is 8.15. The van der Waals surface area contributed by atoms with Crippen LogP contribution in [0.15, 0.2) is 29.8 Å². The highest BCUT2D eigenvalue weighted by Crippen LogP contribution is 2.17. The Morgan fingerprint density at radius 2 is 2.18 bits per heavy atom. The van der Waals surface area contributed by atoms with E-state index >= 15 is 0 Å². The predicted octanol–water partition coefficient (Wildman–Crippen LogP) is 2.24. The number of rotatable bonds is 5. The summed E-state index contributed by atoms with van der Waals surface area (Å²) in [5.74, 6) is -0.140. The number of halogens is 1. The quantitative estimate of drug-likeness (QED) is 0.625. The van der Waals surface area contributed by atoms with Crippen LogP contribution in [0.1, 0.15) is 18.9 Å². The lowest BCUT2D eigenvalue weighted by atomic mass is 10.1. The van der Waals surface area contributed by atoms with Crippen LogP contribution >= 0.6 is 11.6 Å². The molecule has 1 aromatic rings. The van der Waals surface area contributed by atoms with Gasteiger partial charge in [-0.05, 0) is 31.1 Å². The Balaban J connectivity index is 2.66. The fourth-order valence-corrected chi connectivity index (χ4v) is 1.50. The van der Waals surface area contributed by atoms with Crippen LogP contribution in [0.3, 0.4) is 0 Å². The number of hydrogen-bond acceptors (Lipinski definition) is 2. The summed E-state index contributed by atoms with van der Waals surface area (Å²) < 4.78 is 0. The molecule has 0 radical (unpaired) electrons. The van der Waals surface area contributed by atoms with Gasteiger partial charge in [0.1, 0.15) is 0 Å². The van der Waals surface area contributed by atoms with E-state index in [-0.39, 0.29) is 12.5 Å². The Hall–Kier alpha value is -1.32. The summed E-state index contributed by atoms with van der Waals surface area (Å²) in [6, 6.07) is 7.35. The standard InChI is InChI=1S/C13H16ClNO2/c1-10(13(17)15-7-4-8-16)9-11-5-2-3-6-12(11)14/h2-3,5-6,9,16H,4,7-8H2,1H3,(H,15,17)/b10-9-. The van der Waals surface area contributed by atoms with Gasteiger partial charge in [-0.25, -0.2) is 0 Å². The maximum Gasteiger partial charge on any atom is 0.246 e. The van der Waals surface area contributed by atoms with E-state index < -0.39 is 0 Å². The van der Waals surface area contributed by atoms with Crippen LogP contribution in [0.4, 0.5) is 0 Å². The van der Waals surface area contributed by atoms with Crippen molar-refractivity contribution < 1.29 is 9.90 Å². The molecule has 1 aromatic carbocycles. The van der Waals surface area contributed by atoms with Gasteiger partial charge < -0.3 is 10.4 Å². The molecular formula is C13H16ClNO2. The van der Waals surface area contributed by atoms with Crippen molar-refractivity contribution >= 4 is 23.6 Å². The second-order valence-electron chi connectivity index (χ2n) is 3.68. The summed E-state index contributed by atoms with van der Waals surface area (Å²) in [4.78, 5) is 11.6. The molecule has 0 aromatic heterocycles. The molecule has 0 saturated heterocycles. The zero-order valence-corrected chi connectivity index (χ0v) is 10.5. The SMILES string of the molecule is C/C(=C/c1ccccc1Cl)C(=O)NCCCO. The first kappa shape index (κ1) is 13.7. The lowest BCUT2D eigenvalue weighted by Gasteiger charge is -2.04. The van der Waals surface area contributed by atoms with Crippen LogP contribution in [0, 0.1) is 0 Å². The minimum absolute atomic E-state index is 0.0769. The number of hydrogen-bond donors (Lipinski definition) is 2. The normalized spacial score (nSPS) is 11.4. The Morgan fingerprint density at radius 3 is 2.82 bits per heavy atom. The number of benzene rings is 1. The third-order valence-electron chi connectivity index (χ3n) is 2.26. The maximum atomic E-state index is 11.6. The van der Waals surface area contributed by atoms with Gasteiger partial charge in [0.05, 0.1) is 0 Å². The highest BCUT2D eigenvalue weighted by atomic mass is 35.5. The maximum absolute atomic E-state index is 11.6. The Kier molecular flexibility index (Phi) is 5.73. The summed E-state index contributed by atoms with van der Waals surface area (Å²) in [5, 5.41) is 11.9. The van der Waals surface area contributed by atoms with E-state index in [4.69, 9.17) is 16.7 Å².